The first-order chi connectivity index (χ1) is 9.95. The second-order valence-corrected chi connectivity index (χ2v) is 3.97. The van der Waals surface area contributed by atoms with Crippen molar-refractivity contribution in [1.29, 1.82) is 0 Å². The molecule has 0 unspecified atom stereocenters. The van der Waals surface area contributed by atoms with Gasteiger partial charge in [-0.25, -0.2) is 9.59 Å². The summed E-state index contributed by atoms with van der Waals surface area (Å²) in [5.41, 5.74) is 5.77. The Morgan fingerprint density at radius 1 is 1.33 bits per heavy atom. The fourth-order valence-electron chi connectivity index (χ4n) is 1.48. The molecule has 0 aliphatic carbocycles. The van der Waals surface area contributed by atoms with E-state index in [4.69, 9.17) is 10.5 Å². The molecule has 0 aliphatic heterocycles. The van der Waals surface area contributed by atoms with Crippen LogP contribution in [0, 0.1) is 0 Å². The topological polar surface area (TPSA) is 114 Å². The summed E-state index contributed by atoms with van der Waals surface area (Å²) >= 11 is 0. The Morgan fingerprint density at radius 3 is 2.48 bits per heavy atom. The minimum atomic E-state index is -0.841. The zero-order chi connectivity index (χ0) is 15.8. The highest BCUT2D eigenvalue weighted by molar-refractivity contribution is 6.21. The number of rotatable bonds is 4. The SMILES string of the molecule is CCOC(=O)C(/C(N)=N/C(=O)Nc1ccccc1)=C(/C)O. The number of esters is 1. The number of aliphatic imine (C=N–C) groups is 1. The molecule has 0 heterocycles. The van der Waals surface area contributed by atoms with Crippen LogP contribution in [0.1, 0.15) is 13.8 Å². The standard InChI is InChI=1S/C14H17N3O4/c1-3-21-13(19)11(9(2)18)12(15)17-14(20)16-10-7-5-4-6-8-10/h4-8,18H,3H2,1-2H3,(H3,15,16,17,20)/b11-9-. The number of carbonyl (C=O) groups is 2. The van der Waals surface area contributed by atoms with E-state index in [1.54, 1.807) is 37.3 Å². The monoisotopic (exact) mass is 291 g/mol. The smallest absolute Gasteiger partial charge is 0.347 e. The lowest BCUT2D eigenvalue weighted by Crippen LogP contribution is -2.26. The van der Waals surface area contributed by atoms with Crippen molar-refractivity contribution in [1.82, 2.24) is 0 Å². The molecule has 7 heteroatoms. The van der Waals surface area contributed by atoms with Gasteiger partial charge in [-0.1, -0.05) is 18.2 Å². The van der Waals surface area contributed by atoms with Gasteiger partial charge >= 0.3 is 12.0 Å². The predicted molar refractivity (Wildman–Crippen MR) is 79.0 cm³/mol. The summed E-state index contributed by atoms with van der Waals surface area (Å²) in [6, 6.07) is 7.85. The maximum Gasteiger partial charge on any atom is 0.347 e. The number of aliphatic hydroxyl groups is 1. The summed E-state index contributed by atoms with van der Waals surface area (Å²) in [6.07, 6.45) is 0. The highest BCUT2D eigenvalue weighted by atomic mass is 16.5. The van der Waals surface area contributed by atoms with Gasteiger partial charge in [-0.3, -0.25) is 0 Å². The van der Waals surface area contributed by atoms with Crippen LogP contribution >= 0.6 is 0 Å². The van der Waals surface area contributed by atoms with Crippen LogP contribution in [-0.4, -0.2) is 29.5 Å². The van der Waals surface area contributed by atoms with Gasteiger partial charge in [-0.15, -0.1) is 0 Å². The predicted octanol–water partition coefficient (Wildman–Crippen LogP) is 1.97. The first-order valence-electron chi connectivity index (χ1n) is 6.23. The molecule has 1 aromatic rings. The van der Waals surface area contributed by atoms with E-state index in [1.807, 2.05) is 0 Å². The number of allylic oxidation sites excluding steroid dienone is 1. The average molecular weight is 291 g/mol. The first kappa shape index (κ1) is 16.2. The number of aliphatic hydroxyl groups excluding tert-OH is 1. The second-order valence-electron chi connectivity index (χ2n) is 3.97. The molecule has 2 amide bonds. The van der Waals surface area contributed by atoms with E-state index in [1.165, 1.54) is 6.92 Å². The third kappa shape index (κ3) is 4.98. The number of nitrogens with zero attached hydrogens (tertiary/aromatic N) is 1. The number of para-hydroxylation sites is 1. The summed E-state index contributed by atoms with van der Waals surface area (Å²) in [6.45, 7) is 2.97. The Kier molecular flexibility index (Phi) is 5.94. The molecule has 0 spiro atoms. The molecule has 0 bridgehead atoms. The third-order valence-corrected chi connectivity index (χ3v) is 2.34. The number of nitrogens with one attached hydrogen (secondary N) is 1. The molecule has 21 heavy (non-hydrogen) atoms. The normalized spacial score (nSPS) is 12.4. The molecular weight excluding hydrogens is 274 g/mol. The van der Waals surface area contributed by atoms with Crippen LogP contribution in [0.4, 0.5) is 10.5 Å². The van der Waals surface area contributed by atoms with Crippen molar-refractivity contribution >= 4 is 23.5 Å². The number of hydrogen-bond acceptors (Lipinski definition) is 4. The molecule has 1 rings (SSSR count). The molecule has 0 fully saturated rings. The number of urea groups is 1. The Morgan fingerprint density at radius 2 is 1.95 bits per heavy atom. The minimum absolute atomic E-state index is 0.110. The average Bonchev–Trinajstić information content (AvgIpc) is 2.39. The minimum Gasteiger partial charge on any atom is -0.512 e. The van der Waals surface area contributed by atoms with Gasteiger partial charge in [-0.2, -0.15) is 4.99 Å². The molecule has 0 radical (unpaired) electrons. The Labute approximate surface area is 122 Å². The molecular formula is C14H17N3O4. The summed E-state index contributed by atoms with van der Waals surface area (Å²) in [7, 11) is 0. The van der Waals surface area contributed by atoms with E-state index < -0.39 is 17.8 Å². The van der Waals surface area contributed by atoms with E-state index in [-0.39, 0.29) is 17.9 Å². The van der Waals surface area contributed by atoms with Crippen molar-refractivity contribution in [2.24, 2.45) is 10.7 Å². The number of hydrogen-bond donors (Lipinski definition) is 3. The number of amides is 2. The zero-order valence-electron chi connectivity index (χ0n) is 11.8. The van der Waals surface area contributed by atoms with Gasteiger partial charge in [0.05, 0.1) is 6.61 Å². The lowest BCUT2D eigenvalue weighted by atomic mass is 10.2. The molecule has 4 N–H and O–H groups in total. The van der Waals surface area contributed by atoms with E-state index in [9.17, 15) is 14.7 Å². The molecule has 0 atom stereocenters. The van der Waals surface area contributed by atoms with Crippen LogP contribution in [0.15, 0.2) is 46.7 Å². The lowest BCUT2D eigenvalue weighted by molar-refractivity contribution is -0.138. The van der Waals surface area contributed by atoms with Crippen LogP contribution in [-0.2, 0) is 9.53 Å². The number of anilines is 1. The first-order valence-corrected chi connectivity index (χ1v) is 6.23. The zero-order valence-corrected chi connectivity index (χ0v) is 11.8. The van der Waals surface area contributed by atoms with Crippen molar-refractivity contribution in [2.45, 2.75) is 13.8 Å². The fraction of sp³-hybridized carbons (Fsp3) is 0.214. The van der Waals surface area contributed by atoms with Crippen molar-refractivity contribution in [3.8, 4) is 0 Å². The number of carbonyl (C=O) groups excluding carboxylic acids is 2. The van der Waals surface area contributed by atoms with Crippen LogP contribution < -0.4 is 11.1 Å². The van der Waals surface area contributed by atoms with Crippen LogP contribution in [0.5, 0.6) is 0 Å². The molecule has 1 aromatic carbocycles. The van der Waals surface area contributed by atoms with Crippen LogP contribution in [0.2, 0.25) is 0 Å². The van der Waals surface area contributed by atoms with Gasteiger partial charge in [0.1, 0.15) is 17.2 Å². The van der Waals surface area contributed by atoms with E-state index in [0.717, 1.165) is 0 Å². The Hall–Kier alpha value is -2.83. The van der Waals surface area contributed by atoms with E-state index >= 15 is 0 Å². The molecule has 0 saturated heterocycles. The summed E-state index contributed by atoms with van der Waals surface area (Å²) in [4.78, 5) is 26.9. The van der Waals surface area contributed by atoms with Crippen molar-refractivity contribution < 1.29 is 19.4 Å². The van der Waals surface area contributed by atoms with Gasteiger partial charge in [0, 0.05) is 5.69 Å². The third-order valence-electron chi connectivity index (χ3n) is 2.34. The quantitative estimate of drug-likeness (QED) is 0.258. The Balaban J connectivity index is 2.89. The maximum absolute atomic E-state index is 11.7. The number of benzene rings is 1. The molecule has 0 aliphatic rings. The molecule has 0 saturated carbocycles. The van der Waals surface area contributed by atoms with Crippen molar-refractivity contribution in [2.75, 3.05) is 11.9 Å². The highest BCUT2D eigenvalue weighted by Gasteiger charge is 2.19. The van der Waals surface area contributed by atoms with Crippen molar-refractivity contribution in [3.05, 3.63) is 41.7 Å². The van der Waals surface area contributed by atoms with Gasteiger partial charge in [-0.05, 0) is 26.0 Å². The summed E-state index contributed by atoms with van der Waals surface area (Å²) < 4.78 is 4.74. The fourth-order valence-corrected chi connectivity index (χ4v) is 1.48. The lowest BCUT2D eigenvalue weighted by Gasteiger charge is -2.07. The highest BCUT2D eigenvalue weighted by Crippen LogP contribution is 2.08. The van der Waals surface area contributed by atoms with Gasteiger partial charge in [0.2, 0.25) is 0 Å². The largest absolute Gasteiger partial charge is 0.512 e. The van der Waals surface area contributed by atoms with Gasteiger partial charge in [0.15, 0.2) is 0 Å². The van der Waals surface area contributed by atoms with Gasteiger partial charge in [0.25, 0.3) is 0 Å². The van der Waals surface area contributed by atoms with E-state index in [0.29, 0.717) is 5.69 Å². The molecule has 0 aromatic heterocycles. The summed E-state index contributed by atoms with van der Waals surface area (Å²) in [5.74, 6) is -1.63. The number of amidine groups is 1. The summed E-state index contributed by atoms with van der Waals surface area (Å²) in [5, 5.41) is 11.9. The molecule has 7 nitrogen and oxygen atoms in total. The van der Waals surface area contributed by atoms with Gasteiger partial charge < -0.3 is 20.9 Å². The van der Waals surface area contributed by atoms with Crippen LogP contribution in [0.25, 0.3) is 0 Å². The van der Waals surface area contributed by atoms with Crippen molar-refractivity contribution in [3.63, 3.8) is 0 Å². The van der Waals surface area contributed by atoms with E-state index in [2.05, 4.69) is 10.3 Å². The molecule has 112 valence electrons. The Bertz CT molecular complexity index is 575. The maximum atomic E-state index is 11.7. The number of nitrogens with two attached hydrogens (primary N) is 1. The number of ether oxygens (including phenoxy) is 1. The van der Waals surface area contributed by atoms with Crippen LogP contribution in [0.3, 0.4) is 0 Å². The second kappa shape index (κ2) is 7.68.